The van der Waals surface area contributed by atoms with Crippen LogP contribution in [-0.4, -0.2) is 24.5 Å². The van der Waals surface area contributed by atoms with Gasteiger partial charge in [0, 0.05) is 18.4 Å². The van der Waals surface area contributed by atoms with Gasteiger partial charge in [-0.05, 0) is 44.4 Å². The number of rotatable bonds is 0. The van der Waals surface area contributed by atoms with E-state index in [4.69, 9.17) is 9.47 Å². The fourth-order valence-electron chi connectivity index (χ4n) is 4.26. The topological polar surface area (TPSA) is 30.5 Å². The maximum absolute atomic E-state index is 6.12. The Hall–Kier alpha value is -0.540. The quantitative estimate of drug-likeness (QED) is 0.674. The van der Waals surface area contributed by atoms with Gasteiger partial charge in [-0.3, -0.25) is 0 Å². The van der Waals surface area contributed by atoms with Gasteiger partial charge in [-0.2, -0.15) is 0 Å². The Morgan fingerprint density at radius 1 is 1.19 bits per heavy atom. The third-order valence-electron chi connectivity index (χ3n) is 4.77. The zero-order valence-electron chi connectivity index (χ0n) is 9.90. The third-order valence-corrected chi connectivity index (χ3v) is 4.77. The first-order valence-corrected chi connectivity index (χ1v) is 6.45. The second kappa shape index (κ2) is 2.82. The van der Waals surface area contributed by atoms with Crippen molar-refractivity contribution in [3.8, 4) is 0 Å². The van der Waals surface area contributed by atoms with E-state index in [1.807, 2.05) is 13.8 Å². The van der Waals surface area contributed by atoms with Crippen molar-refractivity contribution in [2.45, 2.75) is 44.7 Å². The standard InChI is InChI=1S/C13H19NO2/c1-13(2)15-11-7-3-4-8(12(11)16-13)10-6-14-5-9(7)10/h5,7-8,10-12,14H,3-4,6H2,1-2H3. The minimum atomic E-state index is -0.372. The summed E-state index contributed by atoms with van der Waals surface area (Å²) >= 11 is 0. The van der Waals surface area contributed by atoms with Gasteiger partial charge >= 0.3 is 0 Å². The summed E-state index contributed by atoms with van der Waals surface area (Å²) in [5.74, 6) is 1.63. The Labute approximate surface area is 96.2 Å². The molecule has 2 heterocycles. The van der Waals surface area contributed by atoms with E-state index in [0.29, 0.717) is 24.0 Å². The Bertz CT molecular complexity index is 363. The van der Waals surface area contributed by atoms with E-state index in [0.717, 1.165) is 12.5 Å². The van der Waals surface area contributed by atoms with Gasteiger partial charge in [0.1, 0.15) is 0 Å². The first-order valence-electron chi connectivity index (χ1n) is 6.45. The van der Waals surface area contributed by atoms with E-state index in [9.17, 15) is 0 Å². The van der Waals surface area contributed by atoms with E-state index < -0.39 is 0 Å². The highest BCUT2D eigenvalue weighted by molar-refractivity contribution is 5.27. The molecule has 3 nitrogen and oxygen atoms in total. The van der Waals surface area contributed by atoms with Crippen LogP contribution in [0.4, 0.5) is 0 Å². The molecule has 5 atom stereocenters. The van der Waals surface area contributed by atoms with Gasteiger partial charge in [0.15, 0.2) is 5.79 Å². The summed E-state index contributed by atoms with van der Waals surface area (Å²) in [5.41, 5.74) is 1.61. The number of nitrogens with one attached hydrogen (secondary N) is 1. The Morgan fingerprint density at radius 3 is 2.88 bits per heavy atom. The van der Waals surface area contributed by atoms with Crippen LogP contribution >= 0.6 is 0 Å². The molecule has 2 aliphatic heterocycles. The van der Waals surface area contributed by atoms with Gasteiger partial charge in [-0.25, -0.2) is 0 Å². The maximum atomic E-state index is 6.12. The molecule has 1 N–H and O–H groups in total. The summed E-state index contributed by atoms with van der Waals surface area (Å²) in [4.78, 5) is 0. The van der Waals surface area contributed by atoms with Gasteiger partial charge in [0.25, 0.3) is 0 Å². The maximum Gasteiger partial charge on any atom is 0.163 e. The van der Waals surface area contributed by atoms with Crippen molar-refractivity contribution in [1.29, 1.82) is 0 Å². The molecule has 88 valence electrons. The van der Waals surface area contributed by atoms with Crippen molar-refractivity contribution in [1.82, 2.24) is 5.32 Å². The lowest BCUT2D eigenvalue weighted by atomic mass is 9.60. The number of ether oxygens (including phenoxy) is 2. The molecule has 0 aromatic heterocycles. The molecule has 0 radical (unpaired) electrons. The number of hydrogen-bond acceptors (Lipinski definition) is 3. The molecule has 3 heteroatoms. The van der Waals surface area contributed by atoms with Crippen molar-refractivity contribution in [2.75, 3.05) is 6.54 Å². The summed E-state index contributed by atoms with van der Waals surface area (Å²) in [6, 6.07) is 0. The van der Waals surface area contributed by atoms with Crippen molar-refractivity contribution < 1.29 is 9.47 Å². The Morgan fingerprint density at radius 2 is 2.00 bits per heavy atom. The van der Waals surface area contributed by atoms with E-state index >= 15 is 0 Å². The molecule has 0 spiro atoms. The van der Waals surface area contributed by atoms with E-state index in [1.54, 1.807) is 5.57 Å². The van der Waals surface area contributed by atoms with Gasteiger partial charge in [-0.1, -0.05) is 0 Å². The predicted molar refractivity (Wildman–Crippen MR) is 59.6 cm³/mol. The smallest absolute Gasteiger partial charge is 0.163 e. The molecule has 3 aliphatic carbocycles. The average Bonchev–Trinajstić information content (AvgIpc) is 2.80. The first-order chi connectivity index (χ1) is 7.66. The van der Waals surface area contributed by atoms with E-state index in [2.05, 4.69) is 11.5 Å². The minimum Gasteiger partial charge on any atom is -0.390 e. The van der Waals surface area contributed by atoms with Gasteiger partial charge in [0.2, 0.25) is 0 Å². The molecule has 16 heavy (non-hydrogen) atoms. The normalized spacial score (nSPS) is 51.9. The highest BCUT2D eigenvalue weighted by atomic mass is 16.8. The first kappa shape index (κ1) is 9.49. The molecule has 0 aromatic carbocycles. The highest BCUT2D eigenvalue weighted by Gasteiger charge is 2.59. The molecule has 1 saturated heterocycles. The molecule has 4 fully saturated rings. The third kappa shape index (κ3) is 1.06. The van der Waals surface area contributed by atoms with Crippen LogP contribution in [0.15, 0.2) is 11.8 Å². The molecule has 5 unspecified atom stereocenters. The summed E-state index contributed by atoms with van der Waals surface area (Å²) in [5, 5.41) is 3.40. The number of fused-ring (bicyclic) bond motifs is 1. The van der Waals surface area contributed by atoms with Crippen LogP contribution in [0.2, 0.25) is 0 Å². The van der Waals surface area contributed by atoms with Crippen molar-refractivity contribution in [3.05, 3.63) is 11.8 Å². The fraction of sp³-hybridized carbons (Fsp3) is 0.846. The molecule has 5 aliphatic rings. The van der Waals surface area contributed by atoms with Crippen LogP contribution in [0.3, 0.4) is 0 Å². The van der Waals surface area contributed by atoms with Crippen LogP contribution in [-0.2, 0) is 9.47 Å². The molecule has 0 aromatic rings. The van der Waals surface area contributed by atoms with Crippen molar-refractivity contribution in [3.63, 3.8) is 0 Å². The van der Waals surface area contributed by atoms with Gasteiger partial charge < -0.3 is 14.8 Å². The second-order valence-electron chi connectivity index (χ2n) is 6.07. The van der Waals surface area contributed by atoms with Crippen molar-refractivity contribution >= 4 is 0 Å². The predicted octanol–water partition coefficient (Wildman–Crippen LogP) is 1.65. The zero-order valence-corrected chi connectivity index (χ0v) is 9.90. The van der Waals surface area contributed by atoms with Crippen LogP contribution in [0.1, 0.15) is 26.7 Å². The largest absolute Gasteiger partial charge is 0.390 e. The highest BCUT2D eigenvalue weighted by Crippen LogP contribution is 2.55. The van der Waals surface area contributed by atoms with E-state index in [1.165, 1.54) is 12.8 Å². The minimum absolute atomic E-state index is 0.316. The lowest BCUT2D eigenvalue weighted by molar-refractivity contribution is -0.149. The van der Waals surface area contributed by atoms with Crippen LogP contribution in [0.25, 0.3) is 0 Å². The van der Waals surface area contributed by atoms with E-state index in [-0.39, 0.29) is 5.79 Å². The molecule has 5 rings (SSSR count). The summed E-state index contributed by atoms with van der Waals surface area (Å²) < 4.78 is 12.2. The molecular weight excluding hydrogens is 202 g/mol. The molecule has 3 saturated carbocycles. The summed E-state index contributed by atoms with van der Waals surface area (Å²) in [6.07, 6.45) is 5.50. The monoisotopic (exact) mass is 221 g/mol. The van der Waals surface area contributed by atoms with Gasteiger partial charge in [-0.15, -0.1) is 0 Å². The average molecular weight is 221 g/mol. The van der Waals surface area contributed by atoms with Crippen LogP contribution < -0.4 is 5.32 Å². The lowest BCUT2D eigenvalue weighted by Gasteiger charge is -2.48. The summed E-state index contributed by atoms with van der Waals surface area (Å²) in [7, 11) is 0. The molecule has 0 amide bonds. The Balaban J connectivity index is 1.74. The molecule has 2 bridgehead atoms. The summed E-state index contributed by atoms with van der Waals surface area (Å²) in [6.45, 7) is 5.21. The van der Waals surface area contributed by atoms with Crippen LogP contribution in [0, 0.1) is 17.8 Å². The second-order valence-corrected chi connectivity index (χ2v) is 6.07. The fourth-order valence-corrected chi connectivity index (χ4v) is 4.26. The lowest BCUT2D eigenvalue weighted by Crippen LogP contribution is -2.51. The SMILES string of the molecule is CC1(C)OC2C3CCC(C4CNC=C43)C2O1. The van der Waals surface area contributed by atoms with Crippen LogP contribution in [0.5, 0.6) is 0 Å². The van der Waals surface area contributed by atoms with Gasteiger partial charge in [0.05, 0.1) is 12.2 Å². The zero-order chi connectivity index (χ0) is 10.9. The Kier molecular flexibility index (Phi) is 1.67. The number of hydrogen-bond donors (Lipinski definition) is 1. The molecular formula is C13H19NO2. The van der Waals surface area contributed by atoms with Crippen molar-refractivity contribution in [2.24, 2.45) is 17.8 Å².